The summed E-state index contributed by atoms with van der Waals surface area (Å²) in [7, 11) is 0. The SMILES string of the molecule is O=C(c1c[nH]c2ccc(F)cc2c1=O)N1CC[C@H](CO)[C@@H](O)C1. The van der Waals surface area contributed by atoms with Crippen molar-refractivity contribution in [2.24, 2.45) is 5.92 Å². The van der Waals surface area contributed by atoms with Gasteiger partial charge >= 0.3 is 0 Å². The maximum absolute atomic E-state index is 13.3. The number of rotatable bonds is 2. The Labute approximate surface area is 131 Å². The second kappa shape index (κ2) is 6.10. The molecule has 1 saturated heterocycles. The van der Waals surface area contributed by atoms with Gasteiger partial charge < -0.3 is 20.1 Å². The average molecular weight is 320 g/mol. The van der Waals surface area contributed by atoms with E-state index in [1.807, 2.05) is 0 Å². The van der Waals surface area contributed by atoms with Crippen molar-refractivity contribution in [3.05, 3.63) is 46.0 Å². The van der Waals surface area contributed by atoms with Gasteiger partial charge in [-0.3, -0.25) is 9.59 Å². The van der Waals surface area contributed by atoms with E-state index in [-0.39, 0.29) is 30.0 Å². The fraction of sp³-hybridized carbons (Fsp3) is 0.375. The number of aromatic nitrogens is 1. The van der Waals surface area contributed by atoms with E-state index in [1.54, 1.807) is 0 Å². The number of benzene rings is 1. The number of carbonyl (C=O) groups is 1. The van der Waals surface area contributed by atoms with E-state index in [0.717, 1.165) is 6.07 Å². The molecule has 1 aliphatic rings. The second-order valence-electron chi connectivity index (χ2n) is 5.77. The van der Waals surface area contributed by atoms with Crippen LogP contribution in [0.2, 0.25) is 0 Å². The Kier molecular flexibility index (Phi) is 4.14. The number of carbonyl (C=O) groups excluding carboxylic acids is 1. The van der Waals surface area contributed by atoms with Gasteiger partial charge in [0.1, 0.15) is 11.4 Å². The molecule has 0 radical (unpaired) electrons. The number of piperidine rings is 1. The topological polar surface area (TPSA) is 93.6 Å². The van der Waals surface area contributed by atoms with Gasteiger partial charge in [-0.1, -0.05) is 0 Å². The van der Waals surface area contributed by atoms with E-state index in [0.29, 0.717) is 18.5 Å². The largest absolute Gasteiger partial charge is 0.396 e. The van der Waals surface area contributed by atoms with Gasteiger partial charge in [-0.2, -0.15) is 0 Å². The molecule has 23 heavy (non-hydrogen) atoms. The van der Waals surface area contributed by atoms with Crippen molar-refractivity contribution >= 4 is 16.8 Å². The number of hydrogen-bond donors (Lipinski definition) is 3. The summed E-state index contributed by atoms with van der Waals surface area (Å²) in [6.07, 6.45) is 0.952. The molecule has 0 unspecified atom stereocenters. The number of amides is 1. The molecule has 6 nitrogen and oxygen atoms in total. The molecule has 0 bridgehead atoms. The lowest BCUT2D eigenvalue weighted by atomic mass is 9.94. The maximum Gasteiger partial charge on any atom is 0.259 e. The Hall–Kier alpha value is -2.25. The van der Waals surface area contributed by atoms with Gasteiger partial charge in [0.15, 0.2) is 0 Å². The van der Waals surface area contributed by atoms with E-state index in [1.165, 1.54) is 23.2 Å². The van der Waals surface area contributed by atoms with Gasteiger partial charge in [-0.25, -0.2) is 4.39 Å². The number of nitrogens with one attached hydrogen (secondary N) is 1. The second-order valence-corrected chi connectivity index (χ2v) is 5.77. The Morgan fingerprint density at radius 1 is 1.43 bits per heavy atom. The number of nitrogens with zero attached hydrogens (tertiary/aromatic N) is 1. The summed E-state index contributed by atoms with van der Waals surface area (Å²) in [4.78, 5) is 29.2. The molecule has 1 fully saturated rings. The Morgan fingerprint density at radius 3 is 2.91 bits per heavy atom. The molecule has 2 heterocycles. The standard InChI is InChI=1S/C16H17FN2O4/c17-10-1-2-13-11(5-10)15(22)12(6-18-13)16(23)19-4-3-9(8-20)14(21)7-19/h1-2,5-6,9,14,20-21H,3-4,7-8H2,(H,18,22)/t9-,14+/m1/s1. The molecule has 1 aliphatic heterocycles. The van der Waals surface area contributed by atoms with E-state index in [2.05, 4.69) is 4.98 Å². The average Bonchev–Trinajstić information content (AvgIpc) is 2.55. The summed E-state index contributed by atoms with van der Waals surface area (Å²) < 4.78 is 13.3. The number of aliphatic hydroxyl groups is 2. The molecule has 3 N–H and O–H groups in total. The minimum atomic E-state index is -0.824. The van der Waals surface area contributed by atoms with Gasteiger partial charge in [0, 0.05) is 42.7 Å². The van der Waals surface area contributed by atoms with Gasteiger partial charge in [0.05, 0.1) is 6.10 Å². The summed E-state index contributed by atoms with van der Waals surface area (Å²) in [5.41, 5.74) is -0.174. The van der Waals surface area contributed by atoms with Crippen LogP contribution in [0.15, 0.2) is 29.2 Å². The van der Waals surface area contributed by atoms with Crippen molar-refractivity contribution in [3.63, 3.8) is 0 Å². The van der Waals surface area contributed by atoms with Gasteiger partial charge in [-0.05, 0) is 24.6 Å². The highest BCUT2D eigenvalue weighted by molar-refractivity contribution is 5.97. The first-order chi connectivity index (χ1) is 11.0. The molecule has 0 saturated carbocycles. The zero-order valence-electron chi connectivity index (χ0n) is 12.3. The smallest absolute Gasteiger partial charge is 0.259 e. The van der Waals surface area contributed by atoms with E-state index >= 15 is 0 Å². The number of β-amino-alcohol motifs (C(OH)–C–C–N with tert-alkyl or cyclic N) is 1. The van der Waals surface area contributed by atoms with Crippen LogP contribution < -0.4 is 5.43 Å². The van der Waals surface area contributed by atoms with Crippen molar-refractivity contribution in [1.82, 2.24) is 9.88 Å². The molecular weight excluding hydrogens is 303 g/mol. The number of halogens is 1. The minimum absolute atomic E-state index is 0.0602. The number of fused-ring (bicyclic) bond motifs is 1. The third-order valence-electron chi connectivity index (χ3n) is 4.32. The van der Waals surface area contributed by atoms with Crippen LogP contribution in [0.1, 0.15) is 16.8 Å². The molecule has 3 rings (SSSR count). The first-order valence-electron chi connectivity index (χ1n) is 7.40. The quantitative estimate of drug-likeness (QED) is 0.750. The van der Waals surface area contributed by atoms with Gasteiger partial charge in [-0.15, -0.1) is 0 Å². The maximum atomic E-state index is 13.3. The molecular formula is C16H17FN2O4. The molecule has 7 heteroatoms. The molecule has 2 aromatic rings. The lowest BCUT2D eigenvalue weighted by Crippen LogP contribution is -2.48. The highest BCUT2D eigenvalue weighted by atomic mass is 19.1. The Balaban J connectivity index is 1.93. The van der Waals surface area contributed by atoms with Crippen LogP contribution in [0.25, 0.3) is 10.9 Å². The molecule has 122 valence electrons. The molecule has 1 aromatic carbocycles. The van der Waals surface area contributed by atoms with Crippen LogP contribution in [-0.2, 0) is 0 Å². The Morgan fingerprint density at radius 2 is 2.22 bits per heavy atom. The lowest BCUT2D eigenvalue weighted by Gasteiger charge is -2.35. The van der Waals surface area contributed by atoms with Crippen LogP contribution in [0.3, 0.4) is 0 Å². The van der Waals surface area contributed by atoms with Crippen LogP contribution in [0.5, 0.6) is 0 Å². The van der Waals surface area contributed by atoms with E-state index in [4.69, 9.17) is 5.11 Å². The predicted molar refractivity (Wildman–Crippen MR) is 81.6 cm³/mol. The summed E-state index contributed by atoms with van der Waals surface area (Å²) in [6.45, 7) is 0.269. The summed E-state index contributed by atoms with van der Waals surface area (Å²) in [6, 6.07) is 3.77. The summed E-state index contributed by atoms with van der Waals surface area (Å²) in [5.74, 6) is -1.32. The first-order valence-corrected chi connectivity index (χ1v) is 7.40. The van der Waals surface area contributed by atoms with Crippen molar-refractivity contribution in [2.75, 3.05) is 19.7 Å². The van der Waals surface area contributed by atoms with Crippen LogP contribution in [0.4, 0.5) is 4.39 Å². The summed E-state index contributed by atoms with van der Waals surface area (Å²) in [5, 5.41) is 19.2. The van der Waals surface area contributed by atoms with Crippen LogP contribution in [-0.4, -0.2) is 51.8 Å². The van der Waals surface area contributed by atoms with Crippen LogP contribution in [0, 0.1) is 11.7 Å². The molecule has 0 aliphatic carbocycles. The van der Waals surface area contributed by atoms with Gasteiger partial charge in [0.25, 0.3) is 5.91 Å². The number of likely N-dealkylation sites (tertiary alicyclic amines) is 1. The highest BCUT2D eigenvalue weighted by Crippen LogP contribution is 2.19. The van der Waals surface area contributed by atoms with Crippen molar-refractivity contribution in [3.8, 4) is 0 Å². The first kappa shape index (κ1) is 15.6. The molecule has 2 atom stereocenters. The number of aliphatic hydroxyl groups excluding tert-OH is 2. The van der Waals surface area contributed by atoms with Crippen molar-refractivity contribution in [1.29, 1.82) is 0 Å². The van der Waals surface area contributed by atoms with Crippen molar-refractivity contribution < 1.29 is 19.4 Å². The van der Waals surface area contributed by atoms with Gasteiger partial charge in [0.2, 0.25) is 5.43 Å². The lowest BCUT2D eigenvalue weighted by molar-refractivity contribution is 0.000820. The minimum Gasteiger partial charge on any atom is -0.396 e. The zero-order valence-corrected chi connectivity index (χ0v) is 12.3. The zero-order chi connectivity index (χ0) is 16.6. The van der Waals surface area contributed by atoms with Crippen LogP contribution >= 0.6 is 0 Å². The molecule has 0 spiro atoms. The fourth-order valence-corrected chi connectivity index (χ4v) is 2.90. The van der Waals surface area contributed by atoms with E-state index in [9.17, 15) is 19.1 Å². The monoisotopic (exact) mass is 320 g/mol. The third-order valence-corrected chi connectivity index (χ3v) is 4.32. The summed E-state index contributed by atoms with van der Waals surface area (Å²) >= 11 is 0. The Bertz CT molecular complexity index is 804. The number of hydrogen-bond acceptors (Lipinski definition) is 4. The number of aromatic amines is 1. The number of H-pyrrole nitrogens is 1. The highest BCUT2D eigenvalue weighted by Gasteiger charge is 2.31. The number of pyridine rings is 1. The predicted octanol–water partition coefficient (Wildman–Crippen LogP) is 0.482. The third kappa shape index (κ3) is 2.85. The van der Waals surface area contributed by atoms with E-state index < -0.39 is 23.3 Å². The normalized spacial score (nSPS) is 21.6. The fourth-order valence-electron chi connectivity index (χ4n) is 2.90. The molecule has 1 amide bonds. The van der Waals surface area contributed by atoms with Crippen molar-refractivity contribution in [2.45, 2.75) is 12.5 Å². The molecule has 1 aromatic heterocycles.